The van der Waals surface area contributed by atoms with E-state index in [1.54, 1.807) is 6.92 Å². The van der Waals surface area contributed by atoms with Crippen LogP contribution in [0.15, 0.2) is 48.7 Å². The zero-order valence-electron chi connectivity index (χ0n) is 17.2. The van der Waals surface area contributed by atoms with Crippen LogP contribution in [0, 0.1) is 17.0 Å². The molecule has 3 atom stereocenters. The Morgan fingerprint density at radius 1 is 1.23 bits per heavy atom. The van der Waals surface area contributed by atoms with Gasteiger partial charge in [-0.1, -0.05) is 35.9 Å². The Labute approximate surface area is 174 Å². The second kappa shape index (κ2) is 7.82. The molecule has 0 saturated heterocycles. The molecule has 7 heteroatoms. The molecule has 156 valence electrons. The third kappa shape index (κ3) is 3.40. The van der Waals surface area contributed by atoms with Crippen molar-refractivity contribution < 1.29 is 19.2 Å². The van der Waals surface area contributed by atoms with Crippen molar-refractivity contribution >= 4 is 16.9 Å². The Kier molecular flexibility index (Phi) is 5.20. The number of hydrogen-bond donors (Lipinski definition) is 0. The Morgan fingerprint density at radius 2 is 2.00 bits per heavy atom. The molecule has 30 heavy (non-hydrogen) atoms. The lowest BCUT2D eigenvalue weighted by Gasteiger charge is -2.34. The van der Waals surface area contributed by atoms with E-state index in [1.165, 1.54) is 0 Å². The summed E-state index contributed by atoms with van der Waals surface area (Å²) < 4.78 is 13.0. The third-order valence-corrected chi connectivity index (χ3v) is 5.68. The van der Waals surface area contributed by atoms with Crippen LogP contribution in [0.4, 0.5) is 0 Å². The predicted octanol–water partition coefficient (Wildman–Crippen LogP) is 3.98. The molecule has 7 nitrogen and oxygen atoms in total. The first-order valence-electron chi connectivity index (χ1n) is 10.0. The van der Waals surface area contributed by atoms with Crippen LogP contribution in [0.2, 0.25) is 0 Å². The van der Waals surface area contributed by atoms with Gasteiger partial charge in [-0.25, -0.2) is 0 Å². The minimum absolute atomic E-state index is 0.173. The number of para-hydroxylation sites is 1. The Morgan fingerprint density at radius 3 is 2.73 bits per heavy atom. The van der Waals surface area contributed by atoms with Gasteiger partial charge in [-0.05, 0) is 31.5 Å². The molecule has 2 aromatic carbocycles. The number of ether oxygens (including phenoxy) is 2. The van der Waals surface area contributed by atoms with Gasteiger partial charge in [0, 0.05) is 34.6 Å². The molecule has 3 unspecified atom stereocenters. The maximum atomic E-state index is 12.3. The fraction of sp³-hybridized carbons (Fsp3) is 0.348. The van der Waals surface area contributed by atoms with Crippen LogP contribution in [0.1, 0.15) is 36.0 Å². The van der Waals surface area contributed by atoms with Crippen LogP contribution in [0.5, 0.6) is 5.75 Å². The van der Waals surface area contributed by atoms with Crippen LogP contribution >= 0.6 is 0 Å². The summed E-state index contributed by atoms with van der Waals surface area (Å²) in [5.74, 6) is -0.471. The number of aromatic nitrogens is 1. The van der Waals surface area contributed by atoms with Gasteiger partial charge in [0.25, 0.3) is 6.04 Å². The highest BCUT2D eigenvalue weighted by Gasteiger charge is 2.49. The number of nitrogens with zero attached hydrogens (tertiary/aromatic N) is 2. The highest BCUT2D eigenvalue weighted by molar-refractivity contribution is 5.85. The molecule has 0 N–H and O–H groups in total. The summed E-state index contributed by atoms with van der Waals surface area (Å²) in [6.45, 7) is 3.88. The smallest absolute Gasteiger partial charge is 0.309 e. The van der Waals surface area contributed by atoms with Gasteiger partial charge >= 0.3 is 5.97 Å². The number of benzene rings is 2. The maximum Gasteiger partial charge on any atom is 0.309 e. The van der Waals surface area contributed by atoms with E-state index in [9.17, 15) is 14.9 Å². The fourth-order valence-corrected chi connectivity index (χ4v) is 4.43. The van der Waals surface area contributed by atoms with Gasteiger partial charge in [-0.2, -0.15) is 0 Å². The number of rotatable bonds is 5. The molecule has 4 rings (SSSR count). The molecule has 0 aliphatic carbocycles. The summed E-state index contributed by atoms with van der Waals surface area (Å²) in [7, 11) is 1.93. The van der Waals surface area contributed by atoms with Crippen molar-refractivity contribution in [2.24, 2.45) is 7.05 Å². The minimum Gasteiger partial charge on any atom is -0.482 e. The third-order valence-electron chi connectivity index (χ3n) is 5.68. The van der Waals surface area contributed by atoms with Gasteiger partial charge in [0.15, 0.2) is 6.10 Å². The number of hydrogen-bond acceptors (Lipinski definition) is 5. The Hall–Kier alpha value is -3.35. The van der Waals surface area contributed by atoms with E-state index >= 15 is 0 Å². The SMILES string of the molecule is CCOC(=O)CC1Oc2ccc(C)cc2C(c2cn(C)c3ccccc23)C1[N+](=O)[O-]. The molecule has 0 saturated carbocycles. The molecule has 0 radical (unpaired) electrons. The van der Waals surface area contributed by atoms with Crippen molar-refractivity contribution in [2.45, 2.75) is 38.3 Å². The van der Waals surface area contributed by atoms with Crippen molar-refractivity contribution in [1.29, 1.82) is 0 Å². The van der Waals surface area contributed by atoms with Crippen molar-refractivity contribution in [3.05, 3.63) is 75.5 Å². The van der Waals surface area contributed by atoms with Crippen molar-refractivity contribution in [2.75, 3.05) is 6.61 Å². The average Bonchev–Trinajstić information content (AvgIpc) is 3.04. The molecule has 1 aliphatic heterocycles. The molecule has 0 spiro atoms. The Balaban J connectivity index is 1.91. The van der Waals surface area contributed by atoms with E-state index in [4.69, 9.17) is 9.47 Å². The summed E-state index contributed by atoms with van der Waals surface area (Å²) in [5, 5.41) is 13.3. The zero-order chi connectivity index (χ0) is 21.4. The summed E-state index contributed by atoms with van der Waals surface area (Å²) in [6.07, 6.45) is 0.858. The van der Waals surface area contributed by atoms with E-state index in [-0.39, 0.29) is 18.0 Å². The van der Waals surface area contributed by atoms with E-state index < -0.39 is 24.0 Å². The number of aryl methyl sites for hydroxylation is 2. The molecule has 0 fully saturated rings. The maximum absolute atomic E-state index is 12.3. The van der Waals surface area contributed by atoms with Crippen molar-refractivity contribution in [3.63, 3.8) is 0 Å². The Bertz CT molecular complexity index is 1120. The number of fused-ring (bicyclic) bond motifs is 2. The van der Waals surface area contributed by atoms with E-state index in [0.29, 0.717) is 5.75 Å². The molecule has 1 aliphatic rings. The fourth-order valence-electron chi connectivity index (χ4n) is 4.43. The topological polar surface area (TPSA) is 83.6 Å². The predicted molar refractivity (Wildman–Crippen MR) is 112 cm³/mol. The molecule has 3 aromatic rings. The van der Waals surface area contributed by atoms with Crippen LogP contribution in [0.25, 0.3) is 10.9 Å². The van der Waals surface area contributed by atoms with Gasteiger partial charge in [-0.3, -0.25) is 14.9 Å². The van der Waals surface area contributed by atoms with Crippen LogP contribution < -0.4 is 4.74 Å². The first-order chi connectivity index (χ1) is 14.4. The quantitative estimate of drug-likeness (QED) is 0.362. The van der Waals surface area contributed by atoms with Crippen LogP contribution in [0.3, 0.4) is 0 Å². The second-order valence-corrected chi connectivity index (χ2v) is 7.67. The highest BCUT2D eigenvalue weighted by Crippen LogP contribution is 2.45. The van der Waals surface area contributed by atoms with Gasteiger partial charge in [-0.15, -0.1) is 0 Å². The van der Waals surface area contributed by atoms with Gasteiger partial charge in [0.1, 0.15) is 5.75 Å². The lowest BCUT2D eigenvalue weighted by molar-refractivity contribution is -0.537. The first-order valence-corrected chi connectivity index (χ1v) is 10.0. The van der Waals surface area contributed by atoms with E-state index in [2.05, 4.69) is 0 Å². The summed E-state index contributed by atoms with van der Waals surface area (Å²) in [6, 6.07) is 12.4. The lowest BCUT2D eigenvalue weighted by Crippen LogP contribution is -2.47. The standard InChI is InChI=1S/C23H24N2O5/c1-4-29-21(26)12-20-23(25(27)28)22(16-11-14(2)9-10-19(16)30-20)17-13-24(3)18-8-6-5-7-15(17)18/h5-11,13,20,22-23H,4,12H2,1-3H3. The van der Waals surface area contributed by atoms with E-state index in [0.717, 1.165) is 27.6 Å². The molecule has 2 heterocycles. The monoisotopic (exact) mass is 408 g/mol. The molecular formula is C23H24N2O5. The van der Waals surface area contributed by atoms with Gasteiger partial charge < -0.3 is 14.0 Å². The normalized spacial score (nSPS) is 20.4. The molecular weight excluding hydrogens is 384 g/mol. The molecule has 0 bridgehead atoms. The van der Waals surface area contributed by atoms with Crippen LogP contribution in [-0.2, 0) is 16.6 Å². The van der Waals surface area contributed by atoms with Crippen molar-refractivity contribution in [1.82, 2.24) is 4.57 Å². The van der Waals surface area contributed by atoms with Crippen molar-refractivity contribution in [3.8, 4) is 5.75 Å². The van der Waals surface area contributed by atoms with Gasteiger partial charge in [0.2, 0.25) is 0 Å². The molecule has 1 aromatic heterocycles. The van der Waals surface area contributed by atoms with Crippen LogP contribution in [-0.4, -0.2) is 34.2 Å². The van der Waals surface area contributed by atoms with Gasteiger partial charge in [0.05, 0.1) is 18.9 Å². The molecule has 0 amide bonds. The summed E-state index contributed by atoms with van der Waals surface area (Å²) >= 11 is 0. The summed E-state index contributed by atoms with van der Waals surface area (Å²) in [5.41, 5.74) is 3.62. The summed E-state index contributed by atoms with van der Waals surface area (Å²) in [4.78, 5) is 24.2. The minimum atomic E-state index is -1.12. The number of carbonyl (C=O) groups excluding carboxylic acids is 1. The zero-order valence-corrected chi connectivity index (χ0v) is 17.2. The largest absolute Gasteiger partial charge is 0.482 e. The number of esters is 1. The number of nitro groups is 1. The average molecular weight is 408 g/mol. The first kappa shape index (κ1) is 19.9. The lowest BCUT2D eigenvalue weighted by atomic mass is 9.79. The van der Waals surface area contributed by atoms with E-state index in [1.807, 2.05) is 67.2 Å². The second-order valence-electron chi connectivity index (χ2n) is 7.67. The highest BCUT2D eigenvalue weighted by atomic mass is 16.6. The number of carbonyl (C=O) groups is 1.